The van der Waals surface area contributed by atoms with Crippen LogP contribution < -0.4 is 11.1 Å². The maximum absolute atomic E-state index is 12.6. The largest absolute Gasteiger partial charge is 0.397 e. The van der Waals surface area contributed by atoms with Crippen molar-refractivity contribution in [3.05, 3.63) is 23.2 Å². The third-order valence-electron chi connectivity index (χ3n) is 4.21. The molecule has 1 aromatic rings. The molecule has 1 saturated heterocycles. The van der Waals surface area contributed by atoms with E-state index in [-0.39, 0.29) is 11.9 Å². The third kappa shape index (κ3) is 3.89. The maximum atomic E-state index is 12.6. The normalized spacial score (nSPS) is 21.0. The van der Waals surface area contributed by atoms with Crippen LogP contribution in [-0.4, -0.2) is 29.4 Å². The first-order valence-electron chi connectivity index (χ1n) is 7.64. The zero-order valence-corrected chi connectivity index (χ0v) is 13.5. The lowest BCUT2D eigenvalue weighted by atomic mass is 9.99. The Balaban J connectivity index is 2.07. The summed E-state index contributed by atoms with van der Waals surface area (Å²) in [5, 5.41) is 3.46. The summed E-state index contributed by atoms with van der Waals surface area (Å²) in [5.74, 6) is 0.0352. The van der Waals surface area contributed by atoms with Gasteiger partial charge in [-0.15, -0.1) is 0 Å². The molecule has 1 aliphatic rings. The van der Waals surface area contributed by atoms with Gasteiger partial charge in [-0.25, -0.2) is 0 Å². The Morgan fingerprint density at radius 3 is 2.90 bits per heavy atom. The van der Waals surface area contributed by atoms with E-state index in [9.17, 15) is 4.79 Å². The molecule has 1 aromatic carbocycles. The molecule has 5 heteroatoms. The molecular formula is C16H24ClN3O. The first-order valence-corrected chi connectivity index (χ1v) is 8.02. The molecule has 1 heterocycles. The van der Waals surface area contributed by atoms with E-state index in [4.69, 9.17) is 17.3 Å². The molecule has 1 aliphatic heterocycles. The van der Waals surface area contributed by atoms with Crippen LogP contribution in [0.25, 0.3) is 0 Å². The Hall–Kier alpha value is -1.26. The van der Waals surface area contributed by atoms with Crippen molar-refractivity contribution < 1.29 is 4.79 Å². The summed E-state index contributed by atoms with van der Waals surface area (Å²) in [4.78, 5) is 14.9. The van der Waals surface area contributed by atoms with E-state index in [0.717, 1.165) is 19.4 Å². The standard InChI is InChI=1S/C16H24ClN3O/c1-3-15(20-9-5-4-6-11(20)2)16(21)19-12-7-8-13(17)14(18)10-12/h7-8,10-11,15H,3-6,9,18H2,1-2H3,(H,19,21). The lowest BCUT2D eigenvalue weighted by Gasteiger charge is -2.38. The number of benzene rings is 1. The second-order valence-corrected chi connectivity index (χ2v) is 6.14. The van der Waals surface area contributed by atoms with Crippen LogP contribution in [0.2, 0.25) is 5.02 Å². The van der Waals surface area contributed by atoms with Crippen molar-refractivity contribution in [2.24, 2.45) is 0 Å². The molecule has 0 bridgehead atoms. The van der Waals surface area contributed by atoms with Gasteiger partial charge in [-0.3, -0.25) is 9.69 Å². The van der Waals surface area contributed by atoms with Gasteiger partial charge in [0.2, 0.25) is 5.91 Å². The fourth-order valence-corrected chi connectivity index (χ4v) is 3.12. The minimum Gasteiger partial charge on any atom is -0.397 e. The first kappa shape index (κ1) is 16.1. The van der Waals surface area contributed by atoms with Crippen molar-refractivity contribution in [3.8, 4) is 0 Å². The molecule has 2 atom stereocenters. The molecule has 2 unspecified atom stereocenters. The van der Waals surface area contributed by atoms with Crippen molar-refractivity contribution in [3.63, 3.8) is 0 Å². The van der Waals surface area contributed by atoms with Crippen molar-refractivity contribution in [2.75, 3.05) is 17.6 Å². The predicted molar refractivity (Wildman–Crippen MR) is 88.6 cm³/mol. The fraction of sp³-hybridized carbons (Fsp3) is 0.562. The lowest BCUT2D eigenvalue weighted by Crippen LogP contribution is -2.50. The average Bonchev–Trinajstić information content (AvgIpc) is 2.46. The molecule has 116 valence electrons. The minimum absolute atomic E-state index is 0.0352. The van der Waals surface area contributed by atoms with E-state index < -0.39 is 0 Å². The third-order valence-corrected chi connectivity index (χ3v) is 4.55. The number of hydrogen-bond acceptors (Lipinski definition) is 3. The average molecular weight is 310 g/mol. The van der Waals surface area contributed by atoms with Crippen LogP contribution in [-0.2, 0) is 4.79 Å². The molecule has 0 spiro atoms. The quantitative estimate of drug-likeness (QED) is 0.837. The van der Waals surface area contributed by atoms with Crippen molar-refractivity contribution in [1.82, 2.24) is 4.90 Å². The molecule has 4 nitrogen and oxygen atoms in total. The molecule has 0 aromatic heterocycles. The van der Waals surface area contributed by atoms with Crippen LogP contribution in [0, 0.1) is 0 Å². The number of halogens is 1. The van der Waals surface area contributed by atoms with Gasteiger partial charge in [0.05, 0.1) is 16.8 Å². The summed E-state index contributed by atoms with van der Waals surface area (Å²) in [6, 6.07) is 5.56. The van der Waals surface area contributed by atoms with Gasteiger partial charge in [-0.2, -0.15) is 0 Å². The molecule has 0 aliphatic carbocycles. The summed E-state index contributed by atoms with van der Waals surface area (Å²) >= 11 is 5.90. The molecule has 0 saturated carbocycles. The fourth-order valence-electron chi connectivity index (χ4n) is 3.00. The number of amides is 1. The van der Waals surface area contributed by atoms with E-state index in [1.165, 1.54) is 12.8 Å². The Morgan fingerprint density at radius 2 is 2.29 bits per heavy atom. The van der Waals surface area contributed by atoms with E-state index in [2.05, 4.69) is 24.1 Å². The monoisotopic (exact) mass is 309 g/mol. The Labute approximate surface area is 131 Å². The number of carbonyl (C=O) groups excluding carboxylic acids is 1. The summed E-state index contributed by atoms with van der Waals surface area (Å²) in [6.45, 7) is 5.26. The Bertz CT molecular complexity index is 506. The minimum atomic E-state index is -0.0859. The summed E-state index contributed by atoms with van der Waals surface area (Å²) in [5.41, 5.74) is 6.96. The van der Waals surface area contributed by atoms with Gasteiger partial charge in [-0.05, 0) is 50.9 Å². The number of hydrogen-bond donors (Lipinski definition) is 2. The molecular weight excluding hydrogens is 286 g/mol. The highest BCUT2D eigenvalue weighted by Gasteiger charge is 2.29. The van der Waals surface area contributed by atoms with E-state index >= 15 is 0 Å². The highest BCUT2D eigenvalue weighted by molar-refractivity contribution is 6.33. The van der Waals surface area contributed by atoms with E-state index in [0.29, 0.717) is 22.4 Å². The second kappa shape index (κ2) is 7.14. The number of nitrogens with zero attached hydrogens (tertiary/aromatic N) is 1. The summed E-state index contributed by atoms with van der Waals surface area (Å²) in [7, 11) is 0. The van der Waals surface area contributed by atoms with Crippen molar-refractivity contribution in [2.45, 2.75) is 51.6 Å². The van der Waals surface area contributed by atoms with E-state index in [1.54, 1.807) is 18.2 Å². The zero-order chi connectivity index (χ0) is 15.4. The molecule has 2 rings (SSSR count). The topological polar surface area (TPSA) is 58.4 Å². The van der Waals surface area contributed by atoms with Crippen molar-refractivity contribution >= 4 is 28.9 Å². The van der Waals surface area contributed by atoms with Gasteiger partial charge < -0.3 is 11.1 Å². The number of nitrogens with one attached hydrogen (secondary N) is 1. The molecule has 0 radical (unpaired) electrons. The highest BCUT2D eigenvalue weighted by atomic mass is 35.5. The number of rotatable bonds is 4. The van der Waals surface area contributed by atoms with Crippen molar-refractivity contribution in [1.29, 1.82) is 0 Å². The second-order valence-electron chi connectivity index (χ2n) is 5.73. The van der Waals surface area contributed by atoms with Crippen LogP contribution in [0.1, 0.15) is 39.5 Å². The smallest absolute Gasteiger partial charge is 0.241 e. The number of carbonyl (C=O) groups is 1. The van der Waals surface area contributed by atoms with Gasteiger partial charge >= 0.3 is 0 Å². The molecule has 3 N–H and O–H groups in total. The molecule has 1 fully saturated rings. The van der Waals surface area contributed by atoms with Crippen LogP contribution in [0.3, 0.4) is 0 Å². The maximum Gasteiger partial charge on any atom is 0.241 e. The van der Waals surface area contributed by atoms with E-state index in [1.807, 2.05) is 0 Å². The van der Waals surface area contributed by atoms with Gasteiger partial charge in [0, 0.05) is 11.7 Å². The molecule has 21 heavy (non-hydrogen) atoms. The van der Waals surface area contributed by atoms with Crippen LogP contribution in [0.15, 0.2) is 18.2 Å². The Morgan fingerprint density at radius 1 is 1.52 bits per heavy atom. The number of anilines is 2. The first-order chi connectivity index (χ1) is 10.0. The number of piperidine rings is 1. The van der Waals surface area contributed by atoms with Gasteiger partial charge in [0.25, 0.3) is 0 Å². The van der Waals surface area contributed by atoms with Crippen LogP contribution in [0.4, 0.5) is 11.4 Å². The Kier molecular flexibility index (Phi) is 5.48. The van der Waals surface area contributed by atoms with Crippen LogP contribution in [0.5, 0.6) is 0 Å². The highest BCUT2D eigenvalue weighted by Crippen LogP contribution is 2.24. The number of nitrogen functional groups attached to an aromatic ring is 1. The number of nitrogens with two attached hydrogens (primary N) is 1. The SMILES string of the molecule is CCC(C(=O)Nc1ccc(Cl)c(N)c1)N1CCCCC1C. The van der Waals surface area contributed by atoms with Crippen LogP contribution >= 0.6 is 11.6 Å². The summed E-state index contributed by atoms with van der Waals surface area (Å²) < 4.78 is 0. The predicted octanol–water partition coefficient (Wildman–Crippen LogP) is 3.51. The van der Waals surface area contributed by atoms with Gasteiger partial charge in [0.1, 0.15) is 0 Å². The summed E-state index contributed by atoms with van der Waals surface area (Å²) in [6.07, 6.45) is 4.39. The van der Waals surface area contributed by atoms with Gasteiger partial charge in [-0.1, -0.05) is 24.9 Å². The van der Waals surface area contributed by atoms with Gasteiger partial charge in [0.15, 0.2) is 0 Å². The number of likely N-dealkylation sites (tertiary alicyclic amines) is 1. The molecule has 1 amide bonds. The lowest BCUT2D eigenvalue weighted by molar-refractivity contribution is -0.122. The zero-order valence-electron chi connectivity index (χ0n) is 12.7.